The molecule has 0 saturated heterocycles. The van der Waals surface area contributed by atoms with Gasteiger partial charge in [0.2, 0.25) is 5.91 Å². The molecule has 0 radical (unpaired) electrons. The van der Waals surface area contributed by atoms with Crippen molar-refractivity contribution in [2.45, 2.75) is 39.0 Å². The zero-order valence-corrected chi connectivity index (χ0v) is 18.0. The van der Waals surface area contributed by atoms with Gasteiger partial charge in [0.1, 0.15) is 5.02 Å². The first-order chi connectivity index (χ1) is 13.6. The molecule has 0 atom stereocenters. The van der Waals surface area contributed by atoms with Crippen molar-refractivity contribution in [2.75, 3.05) is 12.4 Å². The molecule has 2 aromatic heterocycles. The van der Waals surface area contributed by atoms with E-state index in [-0.39, 0.29) is 24.2 Å². The normalized spacial score (nSPS) is 11.7. The van der Waals surface area contributed by atoms with Gasteiger partial charge in [-0.15, -0.1) is 5.10 Å². The lowest BCUT2D eigenvalue weighted by Gasteiger charge is -2.16. The van der Waals surface area contributed by atoms with E-state index in [4.69, 9.17) is 23.2 Å². The van der Waals surface area contributed by atoms with Crippen LogP contribution in [0.3, 0.4) is 0 Å². The number of fused-ring (bicyclic) bond motifs is 1. The lowest BCUT2D eigenvalue weighted by molar-refractivity contribution is -0.141. The number of hydrogen-bond donors (Lipinski definition) is 2. The Hall–Kier alpha value is -2.58. The maximum atomic E-state index is 12.2. The number of esters is 1. The van der Waals surface area contributed by atoms with Gasteiger partial charge in [-0.2, -0.15) is 4.63 Å². The highest BCUT2D eigenvalue weighted by atomic mass is 35.5. The van der Waals surface area contributed by atoms with Crippen molar-refractivity contribution in [1.82, 2.24) is 19.8 Å². The lowest BCUT2D eigenvalue weighted by atomic mass is 9.92. The molecular weight excluding hydrogens is 417 g/mol. The molecule has 0 spiro atoms. The molecule has 0 bridgehead atoms. The largest absolute Gasteiger partial charge is 0.469 e. The Bertz CT molecular complexity index is 1080. The molecule has 0 saturated carbocycles. The molecule has 2 N–H and O–H groups in total. The lowest BCUT2D eigenvalue weighted by Crippen LogP contribution is -2.14. The van der Waals surface area contributed by atoms with E-state index in [2.05, 4.69) is 25.2 Å². The summed E-state index contributed by atoms with van der Waals surface area (Å²) in [6.07, 6.45) is -0.0187. The molecule has 1 aromatic carbocycles. The van der Waals surface area contributed by atoms with Gasteiger partial charge in [0, 0.05) is 22.4 Å². The predicted molar refractivity (Wildman–Crippen MR) is 111 cm³/mol. The first-order valence-electron chi connectivity index (χ1n) is 8.91. The molecule has 0 aliphatic carbocycles. The highest BCUT2D eigenvalue weighted by Gasteiger charge is 2.25. The molecule has 29 heavy (non-hydrogen) atoms. The molecule has 2 heterocycles. The Morgan fingerprint density at radius 2 is 1.97 bits per heavy atom. The van der Waals surface area contributed by atoms with Gasteiger partial charge in [0.25, 0.3) is 0 Å². The Labute approximate surface area is 177 Å². The van der Waals surface area contributed by atoms with Crippen molar-refractivity contribution in [3.63, 3.8) is 0 Å². The van der Waals surface area contributed by atoms with Crippen LogP contribution in [0.1, 0.15) is 39.3 Å². The zero-order valence-electron chi connectivity index (χ0n) is 16.5. The van der Waals surface area contributed by atoms with Crippen LogP contribution < -0.4 is 5.32 Å². The van der Waals surface area contributed by atoms with E-state index < -0.39 is 5.97 Å². The highest BCUT2D eigenvalue weighted by Crippen LogP contribution is 2.34. The zero-order chi connectivity index (χ0) is 21.3. The molecule has 0 unspecified atom stereocenters. The summed E-state index contributed by atoms with van der Waals surface area (Å²) >= 11 is 12.6. The molecule has 3 rings (SSSR count). The van der Waals surface area contributed by atoms with Crippen molar-refractivity contribution in [3.05, 3.63) is 33.9 Å². The molecule has 0 fully saturated rings. The molecule has 154 valence electrons. The van der Waals surface area contributed by atoms with Gasteiger partial charge in [-0.25, -0.2) is 4.98 Å². The number of aromatic amines is 1. The average molecular weight is 438 g/mol. The van der Waals surface area contributed by atoms with Crippen LogP contribution in [0.4, 0.5) is 5.69 Å². The minimum atomic E-state index is -0.453. The molecular formula is C19H21Cl2N5O3. The Kier molecular flexibility index (Phi) is 5.86. The monoisotopic (exact) mass is 437 g/mol. The number of anilines is 1. The number of carbonyl (C=O) groups excluding carboxylic acids is 2. The van der Waals surface area contributed by atoms with Gasteiger partial charge in [-0.05, 0) is 18.2 Å². The van der Waals surface area contributed by atoms with Gasteiger partial charge in [-0.1, -0.05) is 44.0 Å². The molecule has 1 amide bonds. The molecule has 3 aromatic rings. The summed E-state index contributed by atoms with van der Waals surface area (Å²) in [4.78, 5) is 28.0. The van der Waals surface area contributed by atoms with Crippen LogP contribution in [0.5, 0.6) is 0 Å². The van der Waals surface area contributed by atoms with Gasteiger partial charge in [0.15, 0.2) is 11.5 Å². The summed E-state index contributed by atoms with van der Waals surface area (Å²) < 4.78 is 6.06. The summed E-state index contributed by atoms with van der Waals surface area (Å²) in [5.41, 5.74) is 2.12. The summed E-state index contributed by atoms with van der Waals surface area (Å²) in [5, 5.41) is 11.3. The topological polar surface area (TPSA) is 101 Å². The first-order valence-corrected chi connectivity index (χ1v) is 9.67. The van der Waals surface area contributed by atoms with Crippen molar-refractivity contribution in [3.8, 4) is 11.4 Å². The number of methoxy groups -OCH3 is 1. The van der Waals surface area contributed by atoms with Crippen molar-refractivity contribution < 1.29 is 14.3 Å². The van der Waals surface area contributed by atoms with Gasteiger partial charge in [0.05, 0.1) is 24.9 Å². The standard InChI is InChI=1S/C19H21Cl2N5O3/c1-19(2,3)16-15(21)18-23-17(25-26(18)24-16)11-9-10(20)5-6-12(11)22-13(27)7-8-14(28)29-4/h5-6,9,24H,7-8H2,1-4H3,(H,22,27). The fraction of sp³-hybridized carbons (Fsp3) is 0.368. The van der Waals surface area contributed by atoms with Crippen LogP contribution in [0.15, 0.2) is 18.2 Å². The van der Waals surface area contributed by atoms with E-state index in [1.807, 2.05) is 20.8 Å². The third-order valence-electron chi connectivity index (χ3n) is 4.27. The van der Waals surface area contributed by atoms with Crippen molar-refractivity contribution >= 4 is 46.4 Å². The Morgan fingerprint density at radius 1 is 1.24 bits per heavy atom. The Balaban J connectivity index is 1.93. The molecule has 10 heteroatoms. The van der Waals surface area contributed by atoms with Crippen LogP contribution in [0.25, 0.3) is 17.0 Å². The fourth-order valence-corrected chi connectivity index (χ4v) is 3.37. The summed E-state index contributed by atoms with van der Waals surface area (Å²) in [6.45, 7) is 6.10. The van der Waals surface area contributed by atoms with Gasteiger partial charge < -0.3 is 10.1 Å². The number of H-pyrrole nitrogens is 1. The Morgan fingerprint density at radius 3 is 2.59 bits per heavy atom. The van der Waals surface area contributed by atoms with E-state index in [1.54, 1.807) is 18.2 Å². The van der Waals surface area contributed by atoms with E-state index >= 15 is 0 Å². The van der Waals surface area contributed by atoms with Crippen LogP contribution in [0.2, 0.25) is 10.0 Å². The number of amides is 1. The maximum absolute atomic E-state index is 12.2. The fourth-order valence-electron chi connectivity index (χ4n) is 2.75. The molecule has 0 aliphatic heterocycles. The van der Waals surface area contributed by atoms with Crippen LogP contribution in [-0.4, -0.2) is 38.8 Å². The average Bonchev–Trinajstić information content (AvgIpc) is 3.20. The first kappa shape index (κ1) is 21.1. The summed E-state index contributed by atoms with van der Waals surface area (Å²) in [5.74, 6) is -0.438. The summed E-state index contributed by atoms with van der Waals surface area (Å²) in [7, 11) is 1.28. The number of ether oxygens (including phenoxy) is 1. The second kappa shape index (κ2) is 8.04. The van der Waals surface area contributed by atoms with Gasteiger partial charge >= 0.3 is 5.97 Å². The van der Waals surface area contributed by atoms with E-state index in [0.717, 1.165) is 5.69 Å². The van der Waals surface area contributed by atoms with Crippen LogP contribution >= 0.6 is 23.2 Å². The SMILES string of the molecule is COC(=O)CCC(=O)Nc1ccc(Cl)cc1-c1nc2c(Cl)c(C(C)(C)C)[nH]n2n1. The van der Waals surface area contributed by atoms with Crippen molar-refractivity contribution in [1.29, 1.82) is 0 Å². The van der Waals surface area contributed by atoms with Crippen LogP contribution in [0, 0.1) is 0 Å². The number of rotatable bonds is 5. The molecule has 8 nitrogen and oxygen atoms in total. The second-order valence-electron chi connectivity index (χ2n) is 7.54. The van der Waals surface area contributed by atoms with E-state index in [1.165, 1.54) is 11.7 Å². The van der Waals surface area contributed by atoms with E-state index in [9.17, 15) is 9.59 Å². The molecule has 0 aliphatic rings. The smallest absolute Gasteiger partial charge is 0.306 e. The number of carbonyl (C=O) groups is 2. The number of aromatic nitrogens is 4. The minimum Gasteiger partial charge on any atom is -0.469 e. The quantitative estimate of drug-likeness (QED) is 0.581. The van der Waals surface area contributed by atoms with Crippen LogP contribution in [-0.2, 0) is 19.7 Å². The number of nitrogens with zero attached hydrogens (tertiary/aromatic N) is 3. The third-order valence-corrected chi connectivity index (χ3v) is 4.86. The second-order valence-corrected chi connectivity index (χ2v) is 8.35. The third kappa shape index (κ3) is 4.54. The maximum Gasteiger partial charge on any atom is 0.306 e. The number of nitrogens with one attached hydrogen (secondary N) is 2. The number of halogens is 2. The number of hydrogen-bond acceptors (Lipinski definition) is 5. The van der Waals surface area contributed by atoms with Gasteiger partial charge in [-0.3, -0.25) is 14.7 Å². The number of benzene rings is 1. The van der Waals surface area contributed by atoms with E-state index in [0.29, 0.717) is 32.8 Å². The van der Waals surface area contributed by atoms with Crippen molar-refractivity contribution in [2.24, 2.45) is 0 Å². The minimum absolute atomic E-state index is 0.00702. The predicted octanol–water partition coefficient (Wildman–Crippen LogP) is 4.22. The summed E-state index contributed by atoms with van der Waals surface area (Å²) in [6, 6.07) is 4.96. The highest BCUT2D eigenvalue weighted by molar-refractivity contribution is 6.34.